The average molecular weight is 254 g/mol. The molecule has 3 heteroatoms. The lowest BCUT2D eigenvalue weighted by atomic mass is 10.0. The van der Waals surface area contributed by atoms with Crippen LogP contribution in [0.5, 0.6) is 0 Å². The van der Waals surface area contributed by atoms with E-state index in [1.54, 1.807) is 12.1 Å². The summed E-state index contributed by atoms with van der Waals surface area (Å²) in [5, 5.41) is 12.3. The van der Waals surface area contributed by atoms with Crippen molar-refractivity contribution < 1.29 is 4.39 Å². The van der Waals surface area contributed by atoms with E-state index in [0.29, 0.717) is 0 Å². The summed E-state index contributed by atoms with van der Waals surface area (Å²) >= 11 is 0. The average Bonchev–Trinajstić information content (AvgIpc) is 2.47. The second-order valence-corrected chi connectivity index (χ2v) is 4.31. The van der Waals surface area contributed by atoms with Crippen molar-refractivity contribution in [1.82, 2.24) is 0 Å². The maximum atomic E-state index is 12.8. The van der Waals surface area contributed by atoms with Crippen molar-refractivity contribution in [3.8, 4) is 6.07 Å². The maximum Gasteiger partial charge on any atom is 0.140 e. The van der Waals surface area contributed by atoms with Gasteiger partial charge in [0.15, 0.2) is 0 Å². The van der Waals surface area contributed by atoms with Gasteiger partial charge in [-0.25, -0.2) is 4.39 Å². The van der Waals surface area contributed by atoms with Gasteiger partial charge in [-0.05, 0) is 41.8 Å². The normalized spacial score (nSPS) is 11.6. The Labute approximate surface area is 112 Å². The Morgan fingerprint density at radius 1 is 1.11 bits per heavy atom. The molecule has 2 aromatic carbocycles. The van der Waals surface area contributed by atoms with Gasteiger partial charge in [0.05, 0.1) is 6.07 Å². The van der Waals surface area contributed by atoms with Crippen LogP contribution in [0.15, 0.2) is 48.5 Å². The summed E-state index contributed by atoms with van der Waals surface area (Å²) in [7, 11) is 0. The maximum absolute atomic E-state index is 12.8. The molecule has 0 bridgehead atoms. The number of aryl methyl sites for hydroxylation is 1. The highest BCUT2D eigenvalue weighted by Crippen LogP contribution is 2.20. The largest absolute Gasteiger partial charge is 0.366 e. The fraction of sp³-hybridized carbons (Fsp3) is 0.188. The van der Waals surface area contributed by atoms with Crippen molar-refractivity contribution in [2.45, 2.75) is 19.4 Å². The fourth-order valence-corrected chi connectivity index (χ4v) is 1.85. The van der Waals surface area contributed by atoms with E-state index in [1.165, 1.54) is 17.7 Å². The van der Waals surface area contributed by atoms with E-state index in [0.717, 1.165) is 17.7 Å². The molecule has 0 fully saturated rings. The molecule has 0 heterocycles. The summed E-state index contributed by atoms with van der Waals surface area (Å²) in [5.41, 5.74) is 2.87. The third kappa shape index (κ3) is 3.32. The van der Waals surface area contributed by atoms with Gasteiger partial charge in [-0.1, -0.05) is 31.2 Å². The van der Waals surface area contributed by atoms with Gasteiger partial charge in [-0.15, -0.1) is 0 Å². The zero-order valence-electron chi connectivity index (χ0n) is 10.7. The molecule has 1 unspecified atom stereocenters. The van der Waals surface area contributed by atoms with Crippen LogP contribution in [0, 0.1) is 17.1 Å². The number of hydrogen-bond donors (Lipinski definition) is 1. The Morgan fingerprint density at radius 3 is 2.26 bits per heavy atom. The number of halogens is 1. The highest BCUT2D eigenvalue weighted by Gasteiger charge is 2.09. The lowest BCUT2D eigenvalue weighted by Crippen LogP contribution is -2.08. The first-order valence-electron chi connectivity index (χ1n) is 6.23. The van der Waals surface area contributed by atoms with Crippen LogP contribution in [0.3, 0.4) is 0 Å². The van der Waals surface area contributed by atoms with Crippen LogP contribution in [-0.2, 0) is 6.42 Å². The molecule has 2 nitrogen and oxygen atoms in total. The minimum Gasteiger partial charge on any atom is -0.366 e. The van der Waals surface area contributed by atoms with Crippen molar-refractivity contribution in [3.05, 3.63) is 65.5 Å². The SMILES string of the molecule is CCc1ccc(C(C#N)Nc2ccc(F)cc2)cc1. The Kier molecular flexibility index (Phi) is 4.15. The predicted octanol–water partition coefficient (Wildman–Crippen LogP) is 4.06. The summed E-state index contributed by atoms with van der Waals surface area (Å²) in [6, 6.07) is 15.7. The zero-order chi connectivity index (χ0) is 13.7. The Balaban J connectivity index is 2.15. The van der Waals surface area contributed by atoms with Gasteiger partial charge in [0, 0.05) is 5.69 Å². The number of nitrogens with zero attached hydrogens (tertiary/aromatic N) is 1. The quantitative estimate of drug-likeness (QED) is 0.892. The Bertz CT molecular complexity index is 567. The van der Waals surface area contributed by atoms with E-state index in [2.05, 4.69) is 18.3 Å². The third-order valence-corrected chi connectivity index (χ3v) is 3.01. The van der Waals surface area contributed by atoms with Gasteiger partial charge < -0.3 is 5.32 Å². The minimum absolute atomic E-state index is 0.286. The van der Waals surface area contributed by atoms with Crippen LogP contribution in [-0.4, -0.2) is 0 Å². The monoisotopic (exact) mass is 254 g/mol. The molecule has 0 spiro atoms. The van der Waals surface area contributed by atoms with E-state index < -0.39 is 6.04 Å². The second-order valence-electron chi connectivity index (χ2n) is 4.31. The van der Waals surface area contributed by atoms with Crippen molar-refractivity contribution in [3.63, 3.8) is 0 Å². The number of hydrogen-bond acceptors (Lipinski definition) is 2. The van der Waals surface area contributed by atoms with E-state index in [9.17, 15) is 9.65 Å². The van der Waals surface area contributed by atoms with Crippen molar-refractivity contribution >= 4 is 5.69 Å². The first-order chi connectivity index (χ1) is 9.22. The van der Waals surface area contributed by atoms with Gasteiger partial charge in [0.25, 0.3) is 0 Å². The van der Waals surface area contributed by atoms with Crippen LogP contribution >= 0.6 is 0 Å². The molecule has 1 atom stereocenters. The molecule has 2 rings (SSSR count). The molecule has 96 valence electrons. The molecule has 0 aliphatic rings. The summed E-state index contributed by atoms with van der Waals surface area (Å²) in [5.74, 6) is -0.286. The molecule has 0 amide bonds. The molecule has 0 saturated heterocycles. The van der Waals surface area contributed by atoms with E-state index in [-0.39, 0.29) is 5.82 Å². The van der Waals surface area contributed by atoms with Gasteiger partial charge >= 0.3 is 0 Å². The topological polar surface area (TPSA) is 35.8 Å². The van der Waals surface area contributed by atoms with Crippen LogP contribution < -0.4 is 5.32 Å². The van der Waals surface area contributed by atoms with Crippen LogP contribution in [0.1, 0.15) is 24.1 Å². The first kappa shape index (κ1) is 13.1. The predicted molar refractivity (Wildman–Crippen MR) is 74.2 cm³/mol. The van der Waals surface area contributed by atoms with Crippen molar-refractivity contribution in [2.24, 2.45) is 0 Å². The first-order valence-corrected chi connectivity index (χ1v) is 6.23. The molecule has 19 heavy (non-hydrogen) atoms. The Hall–Kier alpha value is -2.34. The van der Waals surface area contributed by atoms with Crippen LogP contribution in [0.2, 0.25) is 0 Å². The van der Waals surface area contributed by atoms with Gasteiger partial charge in [-0.2, -0.15) is 5.26 Å². The number of rotatable bonds is 4. The molecule has 0 saturated carbocycles. The Morgan fingerprint density at radius 2 is 1.74 bits per heavy atom. The fourth-order valence-electron chi connectivity index (χ4n) is 1.85. The molecule has 2 aromatic rings. The van der Waals surface area contributed by atoms with Crippen LogP contribution in [0.4, 0.5) is 10.1 Å². The van der Waals surface area contributed by atoms with Crippen molar-refractivity contribution in [2.75, 3.05) is 5.32 Å². The van der Waals surface area contributed by atoms with E-state index in [4.69, 9.17) is 0 Å². The number of nitriles is 1. The number of anilines is 1. The van der Waals surface area contributed by atoms with E-state index in [1.807, 2.05) is 24.3 Å². The van der Waals surface area contributed by atoms with Crippen LogP contribution in [0.25, 0.3) is 0 Å². The summed E-state index contributed by atoms with van der Waals surface area (Å²) < 4.78 is 12.8. The molecular weight excluding hydrogens is 239 g/mol. The number of nitrogens with one attached hydrogen (secondary N) is 1. The highest BCUT2D eigenvalue weighted by molar-refractivity contribution is 5.47. The van der Waals surface area contributed by atoms with Gasteiger partial charge in [0.2, 0.25) is 0 Å². The summed E-state index contributed by atoms with van der Waals surface area (Å²) in [4.78, 5) is 0. The van der Waals surface area contributed by atoms with Gasteiger partial charge in [-0.3, -0.25) is 0 Å². The molecule has 0 radical (unpaired) electrons. The zero-order valence-corrected chi connectivity index (χ0v) is 10.7. The van der Waals surface area contributed by atoms with Gasteiger partial charge in [0.1, 0.15) is 11.9 Å². The molecular formula is C16H15FN2. The molecule has 1 N–H and O–H groups in total. The molecule has 0 aliphatic heterocycles. The number of benzene rings is 2. The smallest absolute Gasteiger partial charge is 0.140 e. The summed E-state index contributed by atoms with van der Waals surface area (Å²) in [6.45, 7) is 2.09. The molecule has 0 aromatic heterocycles. The van der Waals surface area contributed by atoms with Crippen molar-refractivity contribution in [1.29, 1.82) is 5.26 Å². The highest BCUT2D eigenvalue weighted by atomic mass is 19.1. The lowest BCUT2D eigenvalue weighted by molar-refractivity contribution is 0.628. The lowest BCUT2D eigenvalue weighted by Gasteiger charge is -2.13. The standard InChI is InChI=1S/C16H15FN2/c1-2-12-3-5-13(6-4-12)16(11-18)19-15-9-7-14(17)8-10-15/h3-10,16,19H,2H2,1H3. The van der Waals surface area contributed by atoms with E-state index >= 15 is 0 Å². The molecule has 0 aliphatic carbocycles. The second kappa shape index (κ2) is 6.01. The minimum atomic E-state index is -0.434. The third-order valence-electron chi connectivity index (χ3n) is 3.01. The summed E-state index contributed by atoms with van der Waals surface area (Å²) in [6.07, 6.45) is 0.975.